The molecule has 2 heterocycles. The summed E-state index contributed by atoms with van der Waals surface area (Å²) in [6.45, 7) is 3.76. The van der Waals surface area contributed by atoms with Crippen LogP contribution in [0.1, 0.15) is 33.9 Å². The number of para-hydroxylation sites is 1. The molecule has 0 aliphatic heterocycles. The fourth-order valence-corrected chi connectivity index (χ4v) is 4.80. The highest BCUT2D eigenvalue weighted by atomic mass is 32.2. The molecule has 2 aromatic carbocycles. The Balaban J connectivity index is 1.58. The van der Waals surface area contributed by atoms with Crippen molar-refractivity contribution in [3.05, 3.63) is 76.8 Å². The molecule has 3 N–H and O–H groups in total. The summed E-state index contributed by atoms with van der Waals surface area (Å²) in [6.07, 6.45) is 0. The highest BCUT2D eigenvalue weighted by Gasteiger charge is 2.19. The third-order valence-corrected chi connectivity index (χ3v) is 6.86. The number of nitrogens with two attached hydrogens (primary N) is 1. The lowest BCUT2D eigenvalue weighted by molar-refractivity contribution is 0.0944. The van der Waals surface area contributed by atoms with E-state index in [1.165, 1.54) is 23.5 Å². The molecule has 1 unspecified atom stereocenters. The van der Waals surface area contributed by atoms with Crippen LogP contribution < -0.4 is 10.5 Å². The van der Waals surface area contributed by atoms with Gasteiger partial charge in [-0.3, -0.25) is 4.79 Å². The van der Waals surface area contributed by atoms with Crippen molar-refractivity contribution in [2.75, 3.05) is 0 Å². The van der Waals surface area contributed by atoms with Gasteiger partial charge in [-0.2, -0.15) is 5.10 Å². The molecule has 0 bridgehead atoms. The van der Waals surface area contributed by atoms with Gasteiger partial charge < -0.3 is 5.32 Å². The molecule has 0 aliphatic rings. The maximum atomic E-state index is 12.8. The first-order chi connectivity index (χ1) is 14.2. The number of carbonyl (C=O) groups is 1. The van der Waals surface area contributed by atoms with Crippen LogP contribution >= 0.6 is 11.3 Å². The zero-order chi connectivity index (χ0) is 21.5. The number of aromatic nitrogens is 2. The van der Waals surface area contributed by atoms with E-state index in [9.17, 15) is 13.2 Å². The Morgan fingerprint density at radius 2 is 1.80 bits per heavy atom. The highest BCUT2D eigenvalue weighted by Crippen LogP contribution is 2.30. The van der Waals surface area contributed by atoms with Gasteiger partial charge in [0.2, 0.25) is 10.0 Å². The first-order valence-electron chi connectivity index (χ1n) is 9.22. The van der Waals surface area contributed by atoms with Crippen LogP contribution in [0.2, 0.25) is 0 Å². The van der Waals surface area contributed by atoms with Crippen molar-refractivity contribution in [2.45, 2.75) is 24.8 Å². The summed E-state index contributed by atoms with van der Waals surface area (Å²) in [6, 6.07) is 17.5. The first kappa shape index (κ1) is 20.3. The molecule has 7 nitrogen and oxygen atoms in total. The molecule has 4 aromatic rings. The van der Waals surface area contributed by atoms with Crippen LogP contribution in [0.5, 0.6) is 0 Å². The number of hydrogen-bond acceptors (Lipinski definition) is 5. The van der Waals surface area contributed by atoms with E-state index in [1.807, 2.05) is 54.9 Å². The number of thiophene rings is 1. The fourth-order valence-electron chi connectivity index (χ4n) is 3.20. The van der Waals surface area contributed by atoms with E-state index in [0.717, 1.165) is 27.2 Å². The maximum Gasteiger partial charge on any atom is 0.261 e. The Bertz CT molecular complexity index is 1320. The number of nitrogens with zero attached hydrogens (tertiary/aromatic N) is 2. The lowest BCUT2D eigenvalue weighted by Crippen LogP contribution is -2.26. The molecule has 30 heavy (non-hydrogen) atoms. The van der Waals surface area contributed by atoms with Crippen molar-refractivity contribution in [1.82, 2.24) is 15.1 Å². The largest absolute Gasteiger partial charge is 0.345 e. The molecule has 0 fully saturated rings. The van der Waals surface area contributed by atoms with Crippen LogP contribution in [0.15, 0.2) is 65.6 Å². The predicted molar refractivity (Wildman–Crippen MR) is 117 cm³/mol. The van der Waals surface area contributed by atoms with Gasteiger partial charge >= 0.3 is 0 Å². The number of aryl methyl sites for hydroxylation is 1. The van der Waals surface area contributed by atoms with Crippen LogP contribution in [0.3, 0.4) is 0 Å². The normalized spacial score (nSPS) is 12.8. The summed E-state index contributed by atoms with van der Waals surface area (Å²) >= 11 is 1.38. The van der Waals surface area contributed by atoms with E-state index >= 15 is 0 Å². The Morgan fingerprint density at radius 3 is 2.43 bits per heavy atom. The number of fused-ring (bicyclic) bond motifs is 1. The Kier molecular flexibility index (Phi) is 5.19. The van der Waals surface area contributed by atoms with Crippen LogP contribution in [0, 0.1) is 6.92 Å². The summed E-state index contributed by atoms with van der Waals surface area (Å²) in [5.41, 5.74) is 2.58. The minimum Gasteiger partial charge on any atom is -0.345 e. The third-order valence-electron chi connectivity index (χ3n) is 4.83. The Labute approximate surface area is 178 Å². The number of primary sulfonamides is 1. The lowest BCUT2D eigenvalue weighted by Gasteiger charge is -2.14. The van der Waals surface area contributed by atoms with Crippen molar-refractivity contribution in [2.24, 2.45) is 5.14 Å². The van der Waals surface area contributed by atoms with Gasteiger partial charge in [0.1, 0.15) is 4.83 Å². The molecule has 1 amide bonds. The van der Waals surface area contributed by atoms with E-state index < -0.39 is 10.0 Å². The van der Waals surface area contributed by atoms with Crippen LogP contribution in [-0.4, -0.2) is 24.1 Å². The molecule has 1 atom stereocenters. The van der Waals surface area contributed by atoms with Crippen molar-refractivity contribution in [3.63, 3.8) is 0 Å². The number of rotatable bonds is 5. The monoisotopic (exact) mass is 440 g/mol. The SMILES string of the molecule is Cc1nn(-c2ccccc2)c2sc(C(=O)NC(C)c3ccc(S(N)(=O)=O)cc3)cc12. The topological polar surface area (TPSA) is 107 Å². The summed E-state index contributed by atoms with van der Waals surface area (Å²) < 4.78 is 24.6. The number of benzene rings is 2. The molecular weight excluding hydrogens is 420 g/mol. The second kappa shape index (κ2) is 7.67. The molecule has 4 rings (SSSR count). The zero-order valence-corrected chi connectivity index (χ0v) is 18.0. The number of nitrogens with one attached hydrogen (secondary N) is 1. The minimum atomic E-state index is -3.74. The zero-order valence-electron chi connectivity index (χ0n) is 16.4. The standard InChI is InChI=1S/C21H20N4O3S2/c1-13(15-8-10-17(11-9-15)30(22,27)28)23-20(26)19-12-18-14(2)24-25(21(18)29-19)16-6-4-3-5-7-16/h3-13H,1-2H3,(H,23,26)(H2,22,27,28). The number of sulfonamides is 1. The molecule has 0 radical (unpaired) electrons. The predicted octanol–water partition coefficient (Wildman–Crippen LogP) is 3.53. The Morgan fingerprint density at radius 1 is 1.13 bits per heavy atom. The van der Waals surface area contributed by atoms with E-state index in [0.29, 0.717) is 4.88 Å². The summed E-state index contributed by atoms with van der Waals surface area (Å²) in [7, 11) is -3.74. The second-order valence-corrected chi connectivity index (χ2v) is 9.56. The van der Waals surface area contributed by atoms with E-state index in [1.54, 1.807) is 12.1 Å². The molecule has 0 saturated carbocycles. The molecule has 0 aliphatic carbocycles. The molecule has 0 spiro atoms. The van der Waals surface area contributed by atoms with E-state index in [4.69, 9.17) is 5.14 Å². The molecule has 2 aromatic heterocycles. The van der Waals surface area contributed by atoms with Gasteiger partial charge in [0.05, 0.1) is 27.2 Å². The summed E-state index contributed by atoms with van der Waals surface area (Å²) in [4.78, 5) is 14.4. The van der Waals surface area contributed by atoms with Gasteiger partial charge in [-0.25, -0.2) is 18.2 Å². The van der Waals surface area contributed by atoms with Gasteiger partial charge in [0.15, 0.2) is 0 Å². The number of hydrogen-bond donors (Lipinski definition) is 2. The quantitative estimate of drug-likeness (QED) is 0.495. The van der Waals surface area contributed by atoms with Crippen LogP contribution in [0.4, 0.5) is 0 Å². The fraction of sp³-hybridized carbons (Fsp3) is 0.143. The van der Waals surface area contributed by atoms with Gasteiger partial charge in [-0.15, -0.1) is 11.3 Å². The van der Waals surface area contributed by atoms with Crippen molar-refractivity contribution in [3.8, 4) is 5.69 Å². The van der Waals surface area contributed by atoms with Gasteiger partial charge in [0.25, 0.3) is 5.91 Å². The smallest absolute Gasteiger partial charge is 0.261 e. The summed E-state index contributed by atoms with van der Waals surface area (Å²) in [5, 5.41) is 13.6. The first-order valence-corrected chi connectivity index (χ1v) is 11.6. The van der Waals surface area contributed by atoms with Crippen LogP contribution in [-0.2, 0) is 10.0 Å². The number of amides is 1. The van der Waals surface area contributed by atoms with Crippen molar-refractivity contribution >= 4 is 37.5 Å². The van der Waals surface area contributed by atoms with Crippen molar-refractivity contribution < 1.29 is 13.2 Å². The lowest BCUT2D eigenvalue weighted by atomic mass is 10.1. The second-order valence-electron chi connectivity index (χ2n) is 6.97. The molecule has 0 saturated heterocycles. The summed E-state index contributed by atoms with van der Waals surface area (Å²) in [5.74, 6) is -0.196. The highest BCUT2D eigenvalue weighted by molar-refractivity contribution is 7.89. The third kappa shape index (κ3) is 3.87. The Hall–Kier alpha value is -3.01. The average Bonchev–Trinajstić information content (AvgIpc) is 3.29. The maximum absolute atomic E-state index is 12.8. The molecule has 154 valence electrons. The molecular formula is C21H20N4O3S2. The van der Waals surface area contributed by atoms with Gasteiger partial charge in [-0.05, 0) is 49.7 Å². The van der Waals surface area contributed by atoms with Crippen molar-refractivity contribution in [1.29, 1.82) is 0 Å². The van der Waals surface area contributed by atoms with Gasteiger partial charge in [-0.1, -0.05) is 30.3 Å². The average molecular weight is 441 g/mol. The number of carbonyl (C=O) groups excluding carboxylic acids is 1. The minimum absolute atomic E-state index is 0.0372. The van der Waals surface area contributed by atoms with Crippen LogP contribution in [0.25, 0.3) is 15.9 Å². The van der Waals surface area contributed by atoms with E-state index in [2.05, 4.69) is 10.4 Å². The van der Waals surface area contributed by atoms with Gasteiger partial charge in [0, 0.05) is 5.39 Å². The van der Waals surface area contributed by atoms with E-state index in [-0.39, 0.29) is 16.8 Å². The molecule has 9 heteroatoms.